The summed E-state index contributed by atoms with van der Waals surface area (Å²) in [6, 6.07) is 21.1. The molecular weight excluding hydrogens is 507 g/mol. The number of ether oxygens (including phenoxy) is 1. The van der Waals surface area contributed by atoms with Crippen molar-refractivity contribution < 1.29 is 33.1 Å². The van der Waals surface area contributed by atoms with Gasteiger partial charge in [0.25, 0.3) is 0 Å². The Morgan fingerprint density at radius 3 is 2.29 bits per heavy atom. The lowest BCUT2D eigenvalue weighted by molar-refractivity contribution is -0.205. The largest absolute Gasteiger partial charge is 0.777 e. The van der Waals surface area contributed by atoms with E-state index in [-0.39, 0.29) is 24.7 Å². The number of hydrogen-bond acceptors (Lipinski definition) is 7. The highest BCUT2D eigenvalue weighted by molar-refractivity contribution is 7.51. The van der Waals surface area contributed by atoms with Gasteiger partial charge in [-0.25, -0.2) is 4.79 Å². The van der Waals surface area contributed by atoms with E-state index < -0.39 is 37.9 Å². The maximum absolute atomic E-state index is 12.9. The molecule has 0 aliphatic rings. The maximum Gasteiger partial charge on any atom is 0.335 e. The molecule has 0 bridgehead atoms. The minimum Gasteiger partial charge on any atom is -0.777 e. The molecule has 0 saturated carbocycles. The Morgan fingerprint density at radius 2 is 1.61 bits per heavy atom. The Bertz CT molecular complexity index is 1310. The van der Waals surface area contributed by atoms with Crippen LogP contribution in [0.1, 0.15) is 25.0 Å². The van der Waals surface area contributed by atoms with Crippen molar-refractivity contribution >= 4 is 36.2 Å². The molecule has 9 nitrogen and oxygen atoms in total. The molecule has 0 saturated heterocycles. The van der Waals surface area contributed by atoms with Gasteiger partial charge in [-0.15, -0.1) is 0 Å². The number of rotatable bonds is 12. The SMILES string of the molecule is COC(=O)C(Cc1ccccc1)OP(=O)([O-])CNC(=O)C(NC(=O)Cc1cccc2ccccc12)C(C)C. The molecule has 2 amide bonds. The van der Waals surface area contributed by atoms with Gasteiger partial charge in [0, 0.05) is 6.42 Å². The van der Waals surface area contributed by atoms with Gasteiger partial charge < -0.3 is 29.4 Å². The van der Waals surface area contributed by atoms with Crippen molar-refractivity contribution in [3.05, 3.63) is 83.9 Å². The van der Waals surface area contributed by atoms with Gasteiger partial charge in [-0.2, -0.15) is 0 Å². The number of carbonyl (C=O) groups excluding carboxylic acids is 3. The summed E-state index contributed by atoms with van der Waals surface area (Å²) in [5, 5.41) is 6.97. The number of amides is 2. The normalized spacial score (nSPS) is 14.3. The molecule has 10 heteroatoms. The van der Waals surface area contributed by atoms with Gasteiger partial charge in [0.2, 0.25) is 11.8 Å². The number of hydrogen-bond donors (Lipinski definition) is 2. The van der Waals surface area contributed by atoms with E-state index in [1.54, 1.807) is 44.2 Å². The third kappa shape index (κ3) is 8.25. The smallest absolute Gasteiger partial charge is 0.335 e. The third-order valence-electron chi connectivity index (χ3n) is 5.96. The van der Waals surface area contributed by atoms with Gasteiger partial charge in [-0.05, 0) is 27.8 Å². The van der Waals surface area contributed by atoms with Gasteiger partial charge in [0.05, 0.1) is 19.8 Å². The Balaban J connectivity index is 1.61. The molecule has 0 heterocycles. The van der Waals surface area contributed by atoms with Crippen LogP contribution in [0.3, 0.4) is 0 Å². The lowest BCUT2D eigenvalue weighted by Gasteiger charge is -2.29. The molecule has 2 N–H and O–H groups in total. The standard InChI is InChI=1S/C28H33N2O7P/c1-19(2)26(30-25(31)17-22-14-9-13-21-12-7-8-15-23(21)22)27(32)29-18-38(34,35)37-24(28(33)36-3)16-20-10-5-4-6-11-20/h4-15,19,24,26H,16-18H2,1-3H3,(H,29,32)(H,30,31)(H,34,35)/p-1. The highest BCUT2D eigenvalue weighted by Crippen LogP contribution is 2.38. The number of esters is 1. The molecule has 3 unspecified atom stereocenters. The fourth-order valence-corrected chi connectivity index (χ4v) is 4.99. The van der Waals surface area contributed by atoms with Crippen molar-refractivity contribution in [2.45, 2.75) is 38.8 Å². The number of benzene rings is 3. The zero-order chi connectivity index (χ0) is 27.7. The minimum atomic E-state index is -4.69. The fourth-order valence-electron chi connectivity index (χ4n) is 4.02. The second-order valence-corrected chi connectivity index (χ2v) is 11.0. The molecule has 3 atom stereocenters. The first kappa shape index (κ1) is 29.0. The van der Waals surface area contributed by atoms with E-state index in [4.69, 9.17) is 4.52 Å². The monoisotopic (exact) mass is 539 g/mol. The van der Waals surface area contributed by atoms with Crippen molar-refractivity contribution in [3.63, 3.8) is 0 Å². The third-order valence-corrected chi connectivity index (χ3v) is 7.08. The summed E-state index contributed by atoms with van der Waals surface area (Å²) in [6.07, 6.45) is -2.21. The van der Waals surface area contributed by atoms with Crippen LogP contribution < -0.4 is 15.5 Å². The first-order valence-electron chi connectivity index (χ1n) is 12.2. The summed E-state index contributed by atoms with van der Waals surface area (Å²) in [5.41, 5.74) is 1.49. The predicted octanol–water partition coefficient (Wildman–Crippen LogP) is 2.95. The second kappa shape index (κ2) is 13.3. The van der Waals surface area contributed by atoms with Crippen molar-refractivity contribution in [3.8, 4) is 0 Å². The van der Waals surface area contributed by atoms with Crippen LogP contribution in [0.2, 0.25) is 0 Å². The molecule has 0 fully saturated rings. The highest BCUT2D eigenvalue weighted by Gasteiger charge is 2.28. The summed E-state index contributed by atoms with van der Waals surface area (Å²) in [5.74, 6) is -2.22. The number of nitrogens with one attached hydrogen (secondary N) is 2. The van der Waals surface area contributed by atoms with E-state index in [1.165, 1.54) is 0 Å². The van der Waals surface area contributed by atoms with E-state index in [9.17, 15) is 23.8 Å². The van der Waals surface area contributed by atoms with Gasteiger partial charge >= 0.3 is 5.97 Å². The lowest BCUT2D eigenvalue weighted by atomic mass is 10.0. The Morgan fingerprint density at radius 1 is 0.947 bits per heavy atom. The van der Waals surface area contributed by atoms with Crippen LogP contribution in [0.5, 0.6) is 0 Å². The van der Waals surface area contributed by atoms with E-state index in [0.717, 1.165) is 23.4 Å². The van der Waals surface area contributed by atoms with E-state index in [0.29, 0.717) is 5.56 Å². The summed E-state index contributed by atoms with van der Waals surface area (Å²) < 4.78 is 22.4. The average molecular weight is 540 g/mol. The van der Waals surface area contributed by atoms with Crippen molar-refractivity contribution in [1.82, 2.24) is 10.6 Å². The molecular formula is C28H32N2O7P-. The Labute approximate surface area is 222 Å². The molecule has 202 valence electrons. The molecule has 3 aromatic carbocycles. The predicted molar refractivity (Wildman–Crippen MR) is 142 cm³/mol. The zero-order valence-corrected chi connectivity index (χ0v) is 22.5. The minimum absolute atomic E-state index is 0.0213. The number of carbonyl (C=O) groups is 3. The van der Waals surface area contributed by atoms with Crippen LogP contribution in [-0.2, 0) is 41.1 Å². The van der Waals surface area contributed by atoms with Gasteiger partial charge in [0.15, 0.2) is 13.7 Å². The number of methoxy groups -OCH3 is 1. The summed E-state index contributed by atoms with van der Waals surface area (Å²) in [7, 11) is -3.55. The molecule has 0 radical (unpaired) electrons. The number of fused-ring (bicyclic) bond motifs is 1. The molecule has 3 aromatic rings. The quantitative estimate of drug-likeness (QED) is 0.267. The van der Waals surface area contributed by atoms with Crippen LogP contribution in [-0.4, -0.2) is 43.3 Å². The molecule has 38 heavy (non-hydrogen) atoms. The van der Waals surface area contributed by atoms with Crippen LogP contribution in [0, 0.1) is 5.92 Å². The maximum atomic E-state index is 12.9. The molecule has 0 spiro atoms. The molecule has 0 aromatic heterocycles. The van der Waals surface area contributed by atoms with E-state index in [1.807, 2.05) is 42.5 Å². The fraction of sp³-hybridized carbons (Fsp3) is 0.321. The first-order chi connectivity index (χ1) is 18.1. The molecule has 3 rings (SSSR count). The zero-order valence-electron chi connectivity index (χ0n) is 21.6. The van der Waals surface area contributed by atoms with Gasteiger partial charge in [-0.3, -0.25) is 9.59 Å². The first-order valence-corrected chi connectivity index (χ1v) is 14.0. The van der Waals surface area contributed by atoms with Crippen molar-refractivity contribution in [1.29, 1.82) is 0 Å². The highest BCUT2D eigenvalue weighted by atomic mass is 31.2. The van der Waals surface area contributed by atoms with Crippen LogP contribution >= 0.6 is 7.60 Å². The van der Waals surface area contributed by atoms with Crippen LogP contribution in [0.15, 0.2) is 72.8 Å². The topological polar surface area (TPSA) is 134 Å². The van der Waals surface area contributed by atoms with E-state index >= 15 is 0 Å². The van der Waals surface area contributed by atoms with Gasteiger partial charge in [0.1, 0.15) is 6.04 Å². The van der Waals surface area contributed by atoms with Crippen LogP contribution in [0.4, 0.5) is 0 Å². The summed E-state index contributed by atoms with van der Waals surface area (Å²) in [4.78, 5) is 50.5. The summed E-state index contributed by atoms with van der Waals surface area (Å²) in [6.45, 7) is 3.48. The van der Waals surface area contributed by atoms with Crippen molar-refractivity contribution in [2.75, 3.05) is 13.4 Å². The summed E-state index contributed by atoms with van der Waals surface area (Å²) >= 11 is 0. The molecule has 0 aliphatic heterocycles. The van der Waals surface area contributed by atoms with E-state index in [2.05, 4.69) is 15.4 Å². The Kier molecular flexibility index (Phi) is 10.2. The lowest BCUT2D eigenvalue weighted by Crippen LogP contribution is -2.50. The van der Waals surface area contributed by atoms with Gasteiger partial charge in [-0.1, -0.05) is 86.6 Å². The Hall–Kier alpha value is -3.52. The van der Waals surface area contributed by atoms with Crippen LogP contribution in [0.25, 0.3) is 10.8 Å². The second-order valence-electron chi connectivity index (χ2n) is 9.22. The molecule has 0 aliphatic carbocycles. The van der Waals surface area contributed by atoms with Crippen molar-refractivity contribution in [2.24, 2.45) is 5.92 Å². The average Bonchev–Trinajstić information content (AvgIpc) is 2.90.